The van der Waals surface area contributed by atoms with Crippen LogP contribution in [-0.2, 0) is 16.1 Å². The van der Waals surface area contributed by atoms with Crippen LogP contribution in [-0.4, -0.2) is 35.6 Å². The van der Waals surface area contributed by atoms with E-state index in [4.69, 9.17) is 21.1 Å². The molecule has 0 spiro atoms. The van der Waals surface area contributed by atoms with E-state index in [2.05, 4.69) is 4.99 Å². The Hall–Kier alpha value is -4.07. The van der Waals surface area contributed by atoms with Crippen molar-refractivity contribution in [3.63, 3.8) is 0 Å². The van der Waals surface area contributed by atoms with Crippen molar-refractivity contribution in [3.05, 3.63) is 112 Å². The number of hydrogen-bond donors (Lipinski definition) is 0. The zero-order valence-corrected chi connectivity index (χ0v) is 23.0. The first-order valence-electron chi connectivity index (χ1n) is 12.4. The van der Waals surface area contributed by atoms with Crippen molar-refractivity contribution in [1.82, 2.24) is 4.90 Å². The van der Waals surface area contributed by atoms with Gasteiger partial charge >= 0.3 is 5.97 Å². The molecule has 39 heavy (non-hydrogen) atoms. The Morgan fingerprint density at radius 3 is 2.62 bits per heavy atom. The molecule has 1 amide bonds. The minimum Gasteiger partial charge on any atom is -0.488 e. The maximum absolute atomic E-state index is 13.3. The monoisotopic (exact) mass is 556 g/mol. The molecule has 0 radical (unpaired) electrons. The van der Waals surface area contributed by atoms with E-state index in [9.17, 15) is 9.59 Å². The Bertz CT molecular complexity index is 1610. The number of amidine groups is 1. The van der Waals surface area contributed by atoms with Gasteiger partial charge in [-0.15, -0.1) is 0 Å². The highest BCUT2D eigenvalue weighted by Crippen LogP contribution is 2.37. The summed E-state index contributed by atoms with van der Waals surface area (Å²) in [6, 6.07) is 26.3. The van der Waals surface area contributed by atoms with Crippen LogP contribution in [0, 0.1) is 0 Å². The van der Waals surface area contributed by atoms with Crippen LogP contribution >= 0.6 is 23.4 Å². The molecule has 0 atom stereocenters. The molecule has 0 aliphatic carbocycles. The fourth-order valence-electron chi connectivity index (χ4n) is 4.10. The largest absolute Gasteiger partial charge is 0.488 e. The summed E-state index contributed by atoms with van der Waals surface area (Å²) in [6.07, 6.45) is 1.86. The molecule has 0 bridgehead atoms. The number of fused-ring (bicyclic) bond motifs is 1. The van der Waals surface area contributed by atoms with Crippen molar-refractivity contribution >= 4 is 62.9 Å². The highest BCUT2D eigenvalue weighted by atomic mass is 35.5. The van der Waals surface area contributed by atoms with Gasteiger partial charge in [0.1, 0.15) is 12.4 Å². The second kappa shape index (κ2) is 11.8. The lowest BCUT2D eigenvalue weighted by atomic mass is 10.0. The highest BCUT2D eigenvalue weighted by Gasteiger charge is 2.31. The SMILES string of the molecule is CCOC(=O)c1cccc(N=C2SC(=Cc3c(OCc4ccc(Cl)cc4)ccc4ccccc34)C(=O)N2C)c1. The highest BCUT2D eigenvalue weighted by molar-refractivity contribution is 8.18. The molecule has 0 N–H and O–H groups in total. The fraction of sp³-hybridized carbons (Fsp3) is 0.129. The molecule has 4 aromatic carbocycles. The molecular weight excluding hydrogens is 532 g/mol. The number of rotatable bonds is 7. The molecule has 1 heterocycles. The van der Waals surface area contributed by atoms with Gasteiger partial charge in [-0.25, -0.2) is 9.79 Å². The number of amides is 1. The number of carbonyl (C=O) groups excluding carboxylic acids is 2. The van der Waals surface area contributed by atoms with E-state index in [0.29, 0.717) is 45.3 Å². The van der Waals surface area contributed by atoms with Crippen LogP contribution in [0.15, 0.2) is 94.8 Å². The van der Waals surface area contributed by atoms with E-state index in [-0.39, 0.29) is 5.91 Å². The van der Waals surface area contributed by atoms with Gasteiger partial charge < -0.3 is 9.47 Å². The normalized spacial score (nSPS) is 15.4. The average Bonchev–Trinajstić information content (AvgIpc) is 3.21. The summed E-state index contributed by atoms with van der Waals surface area (Å²) >= 11 is 7.30. The van der Waals surface area contributed by atoms with E-state index in [1.54, 1.807) is 38.2 Å². The van der Waals surface area contributed by atoms with Crippen molar-refractivity contribution in [2.24, 2.45) is 4.99 Å². The molecule has 8 heteroatoms. The van der Waals surface area contributed by atoms with E-state index in [1.807, 2.05) is 66.7 Å². The first-order valence-corrected chi connectivity index (χ1v) is 13.5. The van der Waals surface area contributed by atoms with Crippen molar-refractivity contribution in [1.29, 1.82) is 0 Å². The van der Waals surface area contributed by atoms with Crippen LogP contribution in [0.1, 0.15) is 28.4 Å². The topological polar surface area (TPSA) is 68.2 Å². The maximum atomic E-state index is 13.3. The molecule has 1 fully saturated rings. The predicted octanol–water partition coefficient (Wildman–Crippen LogP) is 7.48. The van der Waals surface area contributed by atoms with Crippen molar-refractivity contribution < 1.29 is 19.1 Å². The second-order valence-electron chi connectivity index (χ2n) is 8.75. The Balaban J connectivity index is 1.47. The third kappa shape index (κ3) is 6.00. The van der Waals surface area contributed by atoms with Crippen LogP contribution in [0.25, 0.3) is 16.8 Å². The standard InChI is InChI=1S/C31H25ClN2O4S/c1-3-37-30(36)22-8-6-9-24(17-22)33-31-34(2)29(35)28(39-31)18-26-25-10-5-4-7-21(25)13-16-27(26)38-19-20-11-14-23(32)15-12-20/h4-18H,3,19H2,1-2H3. The predicted molar refractivity (Wildman–Crippen MR) is 158 cm³/mol. The summed E-state index contributed by atoms with van der Waals surface area (Å²) in [5.74, 6) is 0.0855. The van der Waals surface area contributed by atoms with E-state index in [0.717, 1.165) is 21.9 Å². The number of halogens is 1. The quantitative estimate of drug-likeness (QED) is 0.174. The van der Waals surface area contributed by atoms with Crippen molar-refractivity contribution in [2.45, 2.75) is 13.5 Å². The number of nitrogens with zero attached hydrogens (tertiary/aromatic N) is 2. The summed E-state index contributed by atoms with van der Waals surface area (Å²) in [4.78, 5) is 32.1. The molecule has 0 aromatic heterocycles. The Morgan fingerprint density at radius 1 is 1.03 bits per heavy atom. The van der Waals surface area contributed by atoms with Gasteiger partial charge in [-0.2, -0.15) is 0 Å². The Morgan fingerprint density at radius 2 is 1.82 bits per heavy atom. The minimum absolute atomic E-state index is 0.170. The van der Waals surface area contributed by atoms with Crippen LogP contribution in [0.2, 0.25) is 5.02 Å². The van der Waals surface area contributed by atoms with Gasteiger partial charge in [0.2, 0.25) is 0 Å². The number of thioether (sulfide) groups is 1. The third-order valence-electron chi connectivity index (χ3n) is 6.10. The summed E-state index contributed by atoms with van der Waals surface area (Å²) in [7, 11) is 1.69. The lowest BCUT2D eigenvalue weighted by molar-refractivity contribution is -0.121. The van der Waals surface area contributed by atoms with E-state index < -0.39 is 5.97 Å². The van der Waals surface area contributed by atoms with Gasteiger partial charge in [0.05, 0.1) is 22.8 Å². The molecule has 4 aromatic rings. The zero-order chi connectivity index (χ0) is 27.4. The molecule has 6 nitrogen and oxygen atoms in total. The van der Waals surface area contributed by atoms with Gasteiger partial charge in [0.15, 0.2) is 5.17 Å². The number of ether oxygens (including phenoxy) is 2. The van der Waals surface area contributed by atoms with E-state index in [1.165, 1.54) is 16.7 Å². The number of hydrogen-bond acceptors (Lipinski definition) is 6. The van der Waals surface area contributed by atoms with Crippen LogP contribution in [0.3, 0.4) is 0 Å². The summed E-state index contributed by atoms with van der Waals surface area (Å²) in [5, 5.41) is 3.19. The molecule has 0 unspecified atom stereocenters. The first-order chi connectivity index (χ1) is 18.9. The van der Waals surface area contributed by atoms with Gasteiger partial charge in [-0.1, -0.05) is 60.1 Å². The van der Waals surface area contributed by atoms with Crippen LogP contribution in [0.4, 0.5) is 5.69 Å². The summed E-state index contributed by atoms with van der Waals surface area (Å²) < 4.78 is 11.3. The van der Waals surface area contributed by atoms with Crippen LogP contribution < -0.4 is 4.74 Å². The number of benzene rings is 4. The van der Waals surface area contributed by atoms with Gasteiger partial charge in [0.25, 0.3) is 5.91 Å². The summed E-state index contributed by atoms with van der Waals surface area (Å²) in [6.45, 7) is 2.41. The summed E-state index contributed by atoms with van der Waals surface area (Å²) in [5.41, 5.74) is 2.76. The van der Waals surface area contributed by atoms with Crippen LogP contribution in [0.5, 0.6) is 5.75 Å². The number of esters is 1. The molecule has 1 saturated heterocycles. The lowest BCUT2D eigenvalue weighted by Gasteiger charge is -2.13. The zero-order valence-electron chi connectivity index (χ0n) is 21.4. The molecule has 1 aliphatic rings. The van der Waals surface area contributed by atoms with E-state index >= 15 is 0 Å². The smallest absolute Gasteiger partial charge is 0.338 e. The third-order valence-corrected chi connectivity index (χ3v) is 7.41. The Kier molecular flexibility index (Phi) is 8.00. The molecule has 5 rings (SSSR count). The van der Waals surface area contributed by atoms with Gasteiger partial charge in [-0.3, -0.25) is 9.69 Å². The number of aliphatic imine (C=N–C) groups is 1. The molecule has 196 valence electrons. The average molecular weight is 557 g/mol. The maximum Gasteiger partial charge on any atom is 0.338 e. The Labute approximate surface area is 235 Å². The second-order valence-corrected chi connectivity index (χ2v) is 10.2. The molecule has 1 aliphatic heterocycles. The molecular formula is C31H25ClN2O4S. The first kappa shape index (κ1) is 26.5. The minimum atomic E-state index is -0.411. The van der Waals surface area contributed by atoms with Crippen molar-refractivity contribution in [2.75, 3.05) is 13.7 Å². The van der Waals surface area contributed by atoms with Crippen molar-refractivity contribution in [3.8, 4) is 5.75 Å². The van der Waals surface area contributed by atoms with Gasteiger partial charge in [-0.05, 0) is 77.5 Å². The van der Waals surface area contributed by atoms with Gasteiger partial charge in [0, 0.05) is 17.6 Å². The fourth-order valence-corrected chi connectivity index (χ4v) is 5.20. The lowest BCUT2D eigenvalue weighted by Crippen LogP contribution is -2.23. The number of carbonyl (C=O) groups is 2. The molecule has 0 saturated carbocycles. The number of likely N-dealkylation sites (N-methyl/N-ethyl adjacent to an activating group) is 1.